The van der Waals surface area contributed by atoms with Gasteiger partial charge in [-0.15, -0.1) is 0 Å². The Balaban J connectivity index is 1.61. The fourth-order valence-electron chi connectivity index (χ4n) is 2.78. The van der Waals surface area contributed by atoms with Gasteiger partial charge in [0.25, 0.3) is 5.91 Å². The van der Waals surface area contributed by atoms with Gasteiger partial charge in [-0.05, 0) is 31.2 Å². The first-order valence-electron chi connectivity index (χ1n) is 8.72. The van der Waals surface area contributed by atoms with Gasteiger partial charge in [0.2, 0.25) is 15.9 Å². The highest BCUT2D eigenvalue weighted by Gasteiger charge is 2.31. The van der Waals surface area contributed by atoms with Crippen molar-refractivity contribution in [2.24, 2.45) is 0 Å². The number of carbonyl (C=O) groups is 3. The molecule has 1 atom stereocenters. The predicted octanol–water partition coefficient (Wildman–Crippen LogP) is 0.882. The third-order valence-electron chi connectivity index (χ3n) is 4.15. The maximum Gasteiger partial charge on any atom is 0.321 e. The minimum Gasteiger partial charge on any atom is -0.452 e. The molecule has 1 aliphatic rings. The van der Waals surface area contributed by atoms with E-state index in [0.29, 0.717) is 11.4 Å². The van der Waals surface area contributed by atoms with Gasteiger partial charge < -0.3 is 10.1 Å². The summed E-state index contributed by atoms with van der Waals surface area (Å²) in [6.07, 6.45) is -1.21. The Hall–Kier alpha value is -3.24. The summed E-state index contributed by atoms with van der Waals surface area (Å²) in [6.45, 7) is 0.519. The Morgan fingerprint density at radius 1 is 1.14 bits per heavy atom. The number of hydrogen-bond acceptors (Lipinski definition) is 6. The van der Waals surface area contributed by atoms with Crippen molar-refractivity contribution in [2.75, 3.05) is 23.3 Å². The van der Waals surface area contributed by atoms with Gasteiger partial charge in [0.1, 0.15) is 13.1 Å². The molecule has 1 aliphatic heterocycles. The van der Waals surface area contributed by atoms with Gasteiger partial charge in [-0.2, -0.15) is 4.72 Å². The number of para-hydroxylation sites is 2. The van der Waals surface area contributed by atoms with E-state index in [-0.39, 0.29) is 17.3 Å². The first-order chi connectivity index (χ1) is 13.8. The van der Waals surface area contributed by atoms with E-state index >= 15 is 0 Å². The monoisotopic (exact) mass is 417 g/mol. The van der Waals surface area contributed by atoms with E-state index in [2.05, 4.69) is 10.0 Å². The topological polar surface area (TPSA) is 122 Å². The number of amides is 2. The second-order valence-corrected chi connectivity index (χ2v) is 8.03. The molecule has 2 N–H and O–H groups in total. The lowest BCUT2D eigenvalue weighted by Crippen LogP contribution is -2.47. The highest BCUT2D eigenvalue weighted by Crippen LogP contribution is 2.29. The van der Waals surface area contributed by atoms with Crippen molar-refractivity contribution in [1.82, 2.24) is 4.72 Å². The fourth-order valence-corrected chi connectivity index (χ4v) is 3.77. The molecule has 0 fully saturated rings. The molecule has 0 aromatic heterocycles. The van der Waals surface area contributed by atoms with Crippen LogP contribution < -0.4 is 14.9 Å². The number of ether oxygens (including phenoxy) is 1. The third-order valence-corrected chi connectivity index (χ3v) is 5.57. The van der Waals surface area contributed by atoms with Crippen LogP contribution in [0.5, 0.6) is 0 Å². The van der Waals surface area contributed by atoms with Crippen LogP contribution in [0.25, 0.3) is 0 Å². The number of sulfonamides is 1. The Morgan fingerprint density at radius 3 is 2.52 bits per heavy atom. The van der Waals surface area contributed by atoms with Gasteiger partial charge in [-0.1, -0.05) is 30.3 Å². The number of benzene rings is 2. The number of hydrogen-bond donors (Lipinski definition) is 2. The molecule has 10 heteroatoms. The normalized spacial score (nSPS) is 14.5. The van der Waals surface area contributed by atoms with Crippen molar-refractivity contribution in [2.45, 2.75) is 17.9 Å². The van der Waals surface area contributed by atoms with E-state index < -0.39 is 34.5 Å². The molecule has 152 valence electrons. The third kappa shape index (κ3) is 4.79. The van der Waals surface area contributed by atoms with Crippen molar-refractivity contribution in [3.8, 4) is 0 Å². The zero-order valence-electron chi connectivity index (χ0n) is 15.5. The van der Waals surface area contributed by atoms with Gasteiger partial charge in [0.05, 0.1) is 16.3 Å². The lowest BCUT2D eigenvalue weighted by atomic mass is 10.1. The standard InChI is InChI=1S/C19H19N3O6S/c1-13(19(25)22-12-17(23)21-15-9-5-6-10-16(15)22)28-18(24)11-20-29(26,27)14-7-3-2-4-8-14/h2-10,13,20H,11-12H2,1H3,(H,21,23)/t13-/m1/s1. The van der Waals surface area contributed by atoms with E-state index in [1.54, 1.807) is 42.5 Å². The Labute approximate surface area is 167 Å². The molecule has 2 aromatic carbocycles. The summed E-state index contributed by atoms with van der Waals surface area (Å²) in [4.78, 5) is 37.8. The molecule has 0 unspecified atom stereocenters. The Bertz CT molecular complexity index is 1040. The summed E-state index contributed by atoms with van der Waals surface area (Å²) in [5, 5.41) is 2.66. The van der Waals surface area contributed by atoms with Gasteiger partial charge >= 0.3 is 5.97 Å². The van der Waals surface area contributed by atoms with Crippen LogP contribution in [-0.4, -0.2) is 45.4 Å². The van der Waals surface area contributed by atoms with Crippen LogP contribution in [-0.2, 0) is 29.1 Å². The van der Waals surface area contributed by atoms with E-state index in [9.17, 15) is 22.8 Å². The summed E-state index contributed by atoms with van der Waals surface area (Å²) in [5.74, 6) is -1.88. The predicted molar refractivity (Wildman–Crippen MR) is 105 cm³/mol. The van der Waals surface area contributed by atoms with Crippen LogP contribution in [0.15, 0.2) is 59.5 Å². The van der Waals surface area contributed by atoms with Crippen LogP contribution in [0, 0.1) is 0 Å². The Kier molecular flexibility index (Phi) is 5.95. The van der Waals surface area contributed by atoms with Gasteiger partial charge in [-0.3, -0.25) is 19.3 Å². The van der Waals surface area contributed by atoms with Crippen LogP contribution in [0.3, 0.4) is 0 Å². The van der Waals surface area contributed by atoms with Gasteiger partial charge in [-0.25, -0.2) is 8.42 Å². The second-order valence-electron chi connectivity index (χ2n) is 6.26. The average Bonchev–Trinajstić information content (AvgIpc) is 2.71. The van der Waals surface area contributed by atoms with Crippen molar-refractivity contribution in [3.63, 3.8) is 0 Å². The minimum absolute atomic E-state index is 0.00728. The first-order valence-corrected chi connectivity index (χ1v) is 10.2. The number of nitrogens with zero attached hydrogens (tertiary/aromatic N) is 1. The molecule has 2 amide bonds. The lowest BCUT2D eigenvalue weighted by Gasteiger charge is -2.30. The van der Waals surface area contributed by atoms with Crippen LogP contribution in [0.2, 0.25) is 0 Å². The van der Waals surface area contributed by atoms with Gasteiger partial charge in [0.15, 0.2) is 6.10 Å². The molecule has 9 nitrogen and oxygen atoms in total. The summed E-state index contributed by atoms with van der Waals surface area (Å²) < 4.78 is 31.5. The zero-order valence-corrected chi connectivity index (χ0v) is 16.3. The molecular formula is C19H19N3O6S. The van der Waals surface area contributed by atoms with Crippen molar-refractivity contribution < 1.29 is 27.5 Å². The molecular weight excluding hydrogens is 398 g/mol. The van der Waals surface area contributed by atoms with E-state index in [4.69, 9.17) is 4.74 Å². The summed E-state index contributed by atoms with van der Waals surface area (Å²) in [5.41, 5.74) is 0.969. The van der Waals surface area contributed by atoms with Crippen molar-refractivity contribution >= 4 is 39.2 Å². The molecule has 0 spiro atoms. The van der Waals surface area contributed by atoms with Gasteiger partial charge in [0, 0.05) is 0 Å². The zero-order chi connectivity index (χ0) is 21.0. The Morgan fingerprint density at radius 2 is 1.79 bits per heavy atom. The minimum atomic E-state index is -3.88. The van der Waals surface area contributed by atoms with E-state index in [0.717, 1.165) is 0 Å². The number of rotatable bonds is 6. The summed E-state index contributed by atoms with van der Waals surface area (Å²) in [6, 6.07) is 14.3. The van der Waals surface area contributed by atoms with Crippen LogP contribution in [0.1, 0.15) is 6.92 Å². The fraction of sp³-hybridized carbons (Fsp3) is 0.211. The number of nitrogens with one attached hydrogen (secondary N) is 2. The van der Waals surface area contributed by atoms with Crippen LogP contribution in [0.4, 0.5) is 11.4 Å². The SMILES string of the molecule is C[C@@H](OC(=O)CNS(=O)(=O)c1ccccc1)C(=O)N1CC(=O)Nc2ccccc21. The molecule has 0 radical (unpaired) electrons. The lowest BCUT2D eigenvalue weighted by molar-refractivity contribution is -0.152. The number of anilines is 2. The maximum absolute atomic E-state index is 12.7. The highest BCUT2D eigenvalue weighted by molar-refractivity contribution is 7.89. The first kappa shape index (κ1) is 20.5. The average molecular weight is 417 g/mol. The van der Waals surface area contributed by atoms with Crippen molar-refractivity contribution in [3.05, 3.63) is 54.6 Å². The number of carbonyl (C=O) groups excluding carboxylic acids is 3. The molecule has 0 saturated carbocycles. The molecule has 1 heterocycles. The van der Waals surface area contributed by atoms with E-state index in [1.165, 1.54) is 24.0 Å². The maximum atomic E-state index is 12.7. The smallest absolute Gasteiger partial charge is 0.321 e. The second kappa shape index (κ2) is 8.41. The van der Waals surface area contributed by atoms with E-state index in [1.807, 2.05) is 0 Å². The largest absolute Gasteiger partial charge is 0.452 e. The molecule has 0 aliphatic carbocycles. The van der Waals surface area contributed by atoms with Crippen molar-refractivity contribution in [1.29, 1.82) is 0 Å². The highest BCUT2D eigenvalue weighted by atomic mass is 32.2. The number of fused-ring (bicyclic) bond motifs is 1. The quantitative estimate of drug-likeness (QED) is 0.673. The van der Waals surface area contributed by atoms with Crippen LogP contribution >= 0.6 is 0 Å². The molecule has 0 saturated heterocycles. The molecule has 0 bridgehead atoms. The molecule has 2 aromatic rings. The molecule has 3 rings (SSSR count). The summed E-state index contributed by atoms with van der Waals surface area (Å²) >= 11 is 0. The summed E-state index contributed by atoms with van der Waals surface area (Å²) in [7, 11) is -3.88. The number of esters is 1. The molecule has 29 heavy (non-hydrogen) atoms.